The van der Waals surface area contributed by atoms with Crippen LogP contribution in [0.5, 0.6) is 0 Å². The summed E-state index contributed by atoms with van der Waals surface area (Å²) in [5, 5.41) is 18.4. The van der Waals surface area contributed by atoms with Crippen molar-refractivity contribution >= 4 is 59.1 Å². The van der Waals surface area contributed by atoms with Crippen LogP contribution in [0.15, 0.2) is 0 Å². The molecular formula is C6H11NNa2O6. The number of aliphatic hydroxyl groups excluding tert-OH is 1. The van der Waals surface area contributed by atoms with Crippen molar-refractivity contribution in [2.24, 2.45) is 0 Å². The Labute approximate surface area is 130 Å². The molecule has 1 N–H and O–H groups in total. The van der Waals surface area contributed by atoms with E-state index in [-0.39, 0.29) is 72.3 Å². The maximum absolute atomic E-state index is 10.0. The molecule has 2 saturated heterocycles. The van der Waals surface area contributed by atoms with Crippen molar-refractivity contribution in [3.8, 4) is 0 Å². The van der Waals surface area contributed by atoms with Gasteiger partial charge in [-0.25, -0.2) is 0 Å². The summed E-state index contributed by atoms with van der Waals surface area (Å²) in [5.41, 5.74) is 0. The molecule has 4 atom stereocenters. The molecule has 0 bridgehead atoms. The fourth-order valence-electron chi connectivity index (χ4n) is 1.64. The first-order valence-electron chi connectivity index (χ1n) is 3.91. The number of aliphatic hydroxyl groups is 1. The van der Waals surface area contributed by atoms with Crippen LogP contribution in [0.2, 0.25) is 0 Å². The SMILES string of the molecule is O=[N+]([O-])O[C@H]1CO[C@H]2[C@@H]1OC[C@H]2O.[NaH].[NaH]. The van der Waals surface area contributed by atoms with Crippen molar-refractivity contribution in [2.75, 3.05) is 13.2 Å². The molecule has 0 unspecified atom stereocenters. The molecule has 0 amide bonds. The molecule has 2 aliphatic rings. The van der Waals surface area contributed by atoms with E-state index >= 15 is 0 Å². The van der Waals surface area contributed by atoms with Gasteiger partial charge in [0.05, 0.1) is 13.2 Å². The van der Waals surface area contributed by atoms with Crippen molar-refractivity contribution < 1.29 is 24.5 Å². The summed E-state index contributed by atoms with van der Waals surface area (Å²) >= 11 is 0. The first kappa shape index (κ1) is 16.1. The number of nitrogens with zero attached hydrogens (tertiary/aromatic N) is 1. The zero-order valence-corrected chi connectivity index (χ0v) is 6.66. The summed E-state index contributed by atoms with van der Waals surface area (Å²) in [6, 6.07) is 0. The topological polar surface area (TPSA) is 91.1 Å². The molecule has 0 aromatic heterocycles. The zero-order valence-electron chi connectivity index (χ0n) is 6.66. The predicted octanol–water partition coefficient (Wildman–Crippen LogP) is -2.58. The molecule has 2 heterocycles. The number of hydrogen-bond donors (Lipinski definition) is 1. The third kappa shape index (κ3) is 3.52. The van der Waals surface area contributed by atoms with Gasteiger partial charge in [0.15, 0.2) is 6.10 Å². The van der Waals surface area contributed by atoms with E-state index in [2.05, 4.69) is 4.84 Å². The average Bonchev–Trinajstić information content (AvgIpc) is 2.56. The fourth-order valence-corrected chi connectivity index (χ4v) is 1.64. The van der Waals surface area contributed by atoms with E-state index in [4.69, 9.17) is 9.47 Å². The molecular weight excluding hydrogens is 228 g/mol. The van der Waals surface area contributed by atoms with Crippen LogP contribution in [0, 0.1) is 10.1 Å². The molecule has 0 radical (unpaired) electrons. The third-order valence-electron chi connectivity index (χ3n) is 2.20. The van der Waals surface area contributed by atoms with Gasteiger partial charge in [-0.15, -0.1) is 10.1 Å². The van der Waals surface area contributed by atoms with Crippen molar-refractivity contribution in [3.05, 3.63) is 10.1 Å². The van der Waals surface area contributed by atoms with E-state index in [1.54, 1.807) is 0 Å². The molecule has 0 aromatic rings. The normalized spacial score (nSPS) is 37.4. The van der Waals surface area contributed by atoms with Crippen LogP contribution in [-0.2, 0) is 14.3 Å². The van der Waals surface area contributed by atoms with Gasteiger partial charge in [0, 0.05) is 0 Å². The second kappa shape index (κ2) is 6.73. The van der Waals surface area contributed by atoms with Crippen LogP contribution in [0.1, 0.15) is 0 Å². The molecule has 78 valence electrons. The van der Waals surface area contributed by atoms with Gasteiger partial charge in [-0.05, 0) is 0 Å². The summed E-state index contributed by atoms with van der Waals surface area (Å²) in [4.78, 5) is 14.4. The van der Waals surface area contributed by atoms with Crippen molar-refractivity contribution in [1.82, 2.24) is 0 Å². The summed E-state index contributed by atoms with van der Waals surface area (Å²) in [5.74, 6) is 0. The Morgan fingerprint density at radius 2 is 1.87 bits per heavy atom. The van der Waals surface area contributed by atoms with Crippen molar-refractivity contribution in [1.29, 1.82) is 0 Å². The van der Waals surface area contributed by atoms with E-state index in [0.29, 0.717) is 0 Å². The Balaban J connectivity index is 0.000000980. The second-order valence-corrected chi connectivity index (χ2v) is 3.03. The van der Waals surface area contributed by atoms with Gasteiger partial charge in [0.1, 0.15) is 18.3 Å². The minimum absolute atomic E-state index is 0. The quantitative estimate of drug-likeness (QED) is 0.323. The van der Waals surface area contributed by atoms with Crippen LogP contribution in [-0.4, -0.2) is 107 Å². The minimum atomic E-state index is -0.871. The maximum atomic E-state index is 10.0. The van der Waals surface area contributed by atoms with Gasteiger partial charge in [-0.1, -0.05) is 0 Å². The molecule has 0 spiro atoms. The van der Waals surface area contributed by atoms with Gasteiger partial charge < -0.3 is 19.4 Å². The fraction of sp³-hybridized carbons (Fsp3) is 1.00. The molecule has 2 aliphatic heterocycles. The van der Waals surface area contributed by atoms with Crippen LogP contribution in [0.25, 0.3) is 0 Å². The Kier molecular flexibility index (Phi) is 7.21. The summed E-state index contributed by atoms with van der Waals surface area (Å²) in [7, 11) is 0. The Bertz CT molecular complexity index is 230. The van der Waals surface area contributed by atoms with E-state index in [0.717, 1.165) is 0 Å². The van der Waals surface area contributed by atoms with Crippen LogP contribution in [0.3, 0.4) is 0 Å². The summed E-state index contributed by atoms with van der Waals surface area (Å²) < 4.78 is 10.2. The molecule has 2 fully saturated rings. The average molecular weight is 239 g/mol. The molecule has 7 nitrogen and oxygen atoms in total. The van der Waals surface area contributed by atoms with Gasteiger partial charge >= 0.3 is 59.1 Å². The van der Waals surface area contributed by atoms with Gasteiger partial charge in [-0.2, -0.15) is 0 Å². The molecule has 0 aromatic carbocycles. The molecule has 2 rings (SSSR count). The van der Waals surface area contributed by atoms with E-state index in [1.165, 1.54) is 0 Å². The molecule has 0 saturated carbocycles. The molecule has 0 aliphatic carbocycles. The zero-order chi connectivity index (χ0) is 9.42. The Hall–Kier alpha value is 1.08. The van der Waals surface area contributed by atoms with Crippen molar-refractivity contribution in [3.63, 3.8) is 0 Å². The summed E-state index contributed by atoms with van der Waals surface area (Å²) in [6.07, 6.45) is -2.41. The summed E-state index contributed by atoms with van der Waals surface area (Å²) in [6.45, 7) is 0.236. The predicted molar refractivity (Wildman–Crippen MR) is 51.7 cm³/mol. The van der Waals surface area contributed by atoms with E-state index in [1.807, 2.05) is 0 Å². The van der Waals surface area contributed by atoms with Crippen LogP contribution >= 0.6 is 0 Å². The molecule has 15 heavy (non-hydrogen) atoms. The van der Waals surface area contributed by atoms with E-state index < -0.39 is 29.5 Å². The van der Waals surface area contributed by atoms with Crippen molar-refractivity contribution in [2.45, 2.75) is 24.4 Å². The first-order chi connectivity index (χ1) is 6.18. The Morgan fingerprint density at radius 3 is 2.47 bits per heavy atom. The van der Waals surface area contributed by atoms with Gasteiger partial charge in [-0.3, -0.25) is 0 Å². The van der Waals surface area contributed by atoms with Crippen LogP contribution < -0.4 is 0 Å². The number of ether oxygens (including phenoxy) is 2. The number of hydrogen-bond acceptors (Lipinski definition) is 6. The first-order valence-corrected chi connectivity index (χ1v) is 3.91. The second-order valence-electron chi connectivity index (χ2n) is 3.03. The third-order valence-corrected chi connectivity index (χ3v) is 2.20. The number of rotatable bonds is 2. The Morgan fingerprint density at radius 1 is 1.27 bits per heavy atom. The molecule has 9 heteroatoms. The number of fused-ring (bicyclic) bond motifs is 1. The standard InChI is InChI=1S/C6H9NO6.2Na.2H/c8-3-1-11-6-4(13-7(9)10)2-12-5(3)6;;;;/h3-6,8H,1-2H2;;;;/t3-,4+,5-,6-;;;;/m1..../s1. The van der Waals surface area contributed by atoms with Crippen LogP contribution in [0.4, 0.5) is 0 Å². The monoisotopic (exact) mass is 239 g/mol. The van der Waals surface area contributed by atoms with E-state index in [9.17, 15) is 15.2 Å². The van der Waals surface area contributed by atoms with Gasteiger partial charge in [0.25, 0.3) is 5.09 Å². The van der Waals surface area contributed by atoms with Gasteiger partial charge in [0.2, 0.25) is 0 Å².